The zero-order valence-electron chi connectivity index (χ0n) is 78.2. The fourth-order valence-electron chi connectivity index (χ4n) is 15.7. The second-order valence-corrected chi connectivity index (χ2v) is 41.8. The standard InChI is InChI=1S/C16H33F.C14H29F.2C12H25F.C9H17F.C7H13F.C7H16.C6H11F.C6H14.C5H12/c1-10(2)14(11(3)4)16(9,17)15(12(5)6)13(7)8;1-8-12(5,9-2)14(7,15)13(6,10-3)11-4;1-8(2)11(9(3)4)12(7,13)10(5)6;1-6-10(7-2)12(5,13)11(8-3)9-4;1-8(2)4-6-9(3,10)7-5-8;1-7(8)5-3-2-4-6-7;1-6(2)7(3,4)5;1-6(7)4-2-3-5-6;1-5-6(2,3)4;1-5(2,3)4/h10-15H,1-9H3;8-11H2,1-7H3;8-11H,1-7H3;10-11H,6-9H2,1-5H3;4-7H2,1-3H3;2-6H2,1H3;6H,1-5H3;2-5H2,1H3;5H2,1-4H3;1-4H3/t;;12-;;;;;;;/m..0......./s1. The Balaban J connectivity index is -0.000000198. The molecule has 7 heteroatoms. The van der Waals surface area contributed by atoms with Crippen molar-refractivity contribution in [2.75, 3.05) is 0 Å². The zero-order chi connectivity index (χ0) is 82.6. The highest BCUT2D eigenvalue weighted by Crippen LogP contribution is 2.54. The molecule has 0 aliphatic heterocycles. The fourth-order valence-corrected chi connectivity index (χ4v) is 15.7. The van der Waals surface area contributed by atoms with Gasteiger partial charge in [0.15, 0.2) is 0 Å². The first-order valence-electron chi connectivity index (χ1n) is 42.7. The SMILES string of the molecule is CC(C)(C)C.CC(C)C(C(C)C)C(C)(F)C(C(C)C)C(C)C.CC(C)C(C(C)C)[C@@](C)(F)C(C)C.CC(C)C(C)(C)C.CC1(C)CCC(C)(F)CC1.CC1(F)CCCC1.CC1(F)CCCCC1.CCC(C)(C)C.CCC(C)(CC)C(C)(F)C(C)(CC)CC.CCC(CC)C(C)(F)C(CC)CC. The number of rotatable bonds is 22. The van der Waals surface area contributed by atoms with Crippen molar-refractivity contribution in [1.29, 1.82) is 0 Å². The highest BCUT2D eigenvalue weighted by Gasteiger charge is 2.53. The Labute approximate surface area is 636 Å². The van der Waals surface area contributed by atoms with Crippen molar-refractivity contribution in [3.05, 3.63) is 0 Å². The molecule has 3 rings (SSSR count). The minimum atomic E-state index is -1.09. The molecule has 620 valence electrons. The lowest BCUT2D eigenvalue weighted by Gasteiger charge is -2.51. The Morgan fingerprint density at radius 1 is 0.287 bits per heavy atom. The van der Waals surface area contributed by atoms with Gasteiger partial charge in [0.05, 0.1) is 0 Å². The van der Waals surface area contributed by atoms with Gasteiger partial charge in [0.25, 0.3) is 0 Å². The predicted octanol–water partition coefficient (Wildman–Crippen LogP) is 35.3. The van der Waals surface area contributed by atoms with Gasteiger partial charge in [0, 0.05) is 10.8 Å². The quantitative estimate of drug-likeness (QED) is 0.0948. The van der Waals surface area contributed by atoms with Crippen molar-refractivity contribution < 1.29 is 30.7 Å². The first kappa shape index (κ1) is 114. The molecule has 101 heavy (non-hydrogen) atoms. The number of alkyl halides is 7. The van der Waals surface area contributed by atoms with Gasteiger partial charge in [-0.3, -0.25) is 0 Å². The van der Waals surface area contributed by atoms with E-state index in [1.54, 1.807) is 34.6 Å². The van der Waals surface area contributed by atoms with Crippen LogP contribution in [-0.2, 0) is 0 Å². The van der Waals surface area contributed by atoms with Gasteiger partial charge in [-0.2, -0.15) is 0 Å². The summed E-state index contributed by atoms with van der Waals surface area (Å²) in [5, 5.41) is 0. The first-order chi connectivity index (χ1) is 44.9. The van der Waals surface area contributed by atoms with Gasteiger partial charge < -0.3 is 0 Å². The minimum Gasteiger partial charge on any atom is -0.244 e. The van der Waals surface area contributed by atoms with Gasteiger partial charge in [-0.25, -0.2) is 30.7 Å². The van der Waals surface area contributed by atoms with Crippen LogP contribution >= 0.6 is 0 Å². The minimum absolute atomic E-state index is 0.0994. The Bertz CT molecular complexity index is 1780. The van der Waals surface area contributed by atoms with Crippen LogP contribution in [0.1, 0.15) is 460 Å². The summed E-state index contributed by atoms with van der Waals surface area (Å²) < 4.78 is 98.1. The van der Waals surface area contributed by atoms with Crippen LogP contribution in [0.2, 0.25) is 0 Å². The molecule has 0 unspecified atom stereocenters. The molecule has 0 nitrogen and oxygen atoms in total. The summed E-state index contributed by atoms with van der Waals surface area (Å²) in [6.45, 7) is 96.3. The van der Waals surface area contributed by atoms with Crippen LogP contribution in [-0.4, -0.2) is 39.7 Å². The monoisotopic (exact) mass is 1460 g/mol. The average molecular weight is 1460 g/mol. The van der Waals surface area contributed by atoms with Crippen LogP contribution in [0.15, 0.2) is 0 Å². The molecule has 3 fully saturated rings. The van der Waals surface area contributed by atoms with E-state index in [1.807, 2.05) is 27.7 Å². The molecule has 0 saturated heterocycles. The van der Waals surface area contributed by atoms with Gasteiger partial charge in [-0.15, -0.1) is 0 Å². The summed E-state index contributed by atoms with van der Waals surface area (Å²) in [5.74, 6) is 4.20. The largest absolute Gasteiger partial charge is 0.244 e. The van der Waals surface area contributed by atoms with Crippen molar-refractivity contribution in [3.63, 3.8) is 0 Å². The molecule has 0 aromatic rings. The zero-order valence-corrected chi connectivity index (χ0v) is 78.2. The van der Waals surface area contributed by atoms with E-state index in [1.165, 1.54) is 12.8 Å². The highest BCUT2D eigenvalue weighted by molar-refractivity contribution is 5.03. The second-order valence-electron chi connectivity index (χ2n) is 41.8. The van der Waals surface area contributed by atoms with Crippen LogP contribution in [0.3, 0.4) is 0 Å². The third kappa shape index (κ3) is 48.6. The second kappa shape index (κ2) is 50.3. The third-order valence-electron chi connectivity index (χ3n) is 25.3. The van der Waals surface area contributed by atoms with E-state index < -0.39 is 39.7 Å². The first-order valence-corrected chi connectivity index (χ1v) is 42.7. The molecular weight excluding hydrogens is 1260 g/mol. The molecule has 0 N–H and O–H groups in total. The smallest absolute Gasteiger partial charge is 0.118 e. The molecule has 0 amide bonds. The van der Waals surface area contributed by atoms with Crippen LogP contribution in [0.25, 0.3) is 0 Å². The van der Waals surface area contributed by atoms with E-state index >= 15 is 8.78 Å². The van der Waals surface area contributed by atoms with Crippen molar-refractivity contribution in [2.24, 2.45) is 109 Å². The summed E-state index contributed by atoms with van der Waals surface area (Å²) in [5.41, 5.74) is -5.13. The fraction of sp³-hybridized carbons (Fsp3) is 1.00. The maximum atomic E-state index is 15.4. The lowest BCUT2D eigenvalue weighted by atomic mass is 9.57. The highest BCUT2D eigenvalue weighted by atomic mass is 19.2. The summed E-state index contributed by atoms with van der Waals surface area (Å²) in [4.78, 5) is 0. The van der Waals surface area contributed by atoms with Gasteiger partial charge in [0.2, 0.25) is 0 Å². The Morgan fingerprint density at radius 2 is 0.485 bits per heavy atom. The molecule has 0 aromatic carbocycles. The van der Waals surface area contributed by atoms with Crippen LogP contribution in [0, 0.1) is 109 Å². The maximum Gasteiger partial charge on any atom is 0.118 e. The van der Waals surface area contributed by atoms with Gasteiger partial charge in [-0.1, -0.05) is 334 Å². The van der Waals surface area contributed by atoms with E-state index in [9.17, 15) is 22.0 Å². The van der Waals surface area contributed by atoms with Crippen molar-refractivity contribution in [2.45, 2.75) is 499 Å². The molecule has 3 aliphatic rings. The molecule has 3 saturated carbocycles. The van der Waals surface area contributed by atoms with E-state index in [4.69, 9.17) is 0 Å². The molecule has 0 spiro atoms. The van der Waals surface area contributed by atoms with Gasteiger partial charge >= 0.3 is 0 Å². The predicted molar refractivity (Wildman–Crippen MR) is 449 cm³/mol. The van der Waals surface area contributed by atoms with Gasteiger partial charge in [0.1, 0.15) is 39.7 Å². The number of hydrogen-bond donors (Lipinski definition) is 0. The Morgan fingerprint density at radius 3 is 0.614 bits per heavy atom. The van der Waals surface area contributed by atoms with Crippen molar-refractivity contribution in [3.8, 4) is 0 Å². The van der Waals surface area contributed by atoms with Gasteiger partial charge in [-0.05, 0) is 224 Å². The molecule has 0 radical (unpaired) electrons. The summed E-state index contributed by atoms with van der Waals surface area (Å²) in [6.07, 6.45) is 21.1. The molecule has 0 heterocycles. The summed E-state index contributed by atoms with van der Waals surface area (Å²) >= 11 is 0. The summed E-state index contributed by atoms with van der Waals surface area (Å²) in [6, 6.07) is 0. The third-order valence-corrected chi connectivity index (χ3v) is 25.3. The molecule has 0 aromatic heterocycles. The van der Waals surface area contributed by atoms with E-state index in [-0.39, 0.29) is 46.3 Å². The van der Waals surface area contributed by atoms with Crippen molar-refractivity contribution >= 4 is 0 Å². The average Bonchev–Trinajstić information content (AvgIpc) is 1.20. The van der Waals surface area contributed by atoms with Crippen LogP contribution < -0.4 is 0 Å². The van der Waals surface area contributed by atoms with Crippen LogP contribution in [0.4, 0.5) is 30.7 Å². The Hall–Kier alpha value is -0.490. The molecule has 0 bridgehead atoms. The Kier molecular flexibility index (Phi) is 56.7. The lowest BCUT2D eigenvalue weighted by Crippen LogP contribution is -2.51. The lowest BCUT2D eigenvalue weighted by molar-refractivity contribution is -0.0946. The topological polar surface area (TPSA) is 0 Å². The van der Waals surface area contributed by atoms with E-state index in [0.717, 1.165) is 134 Å². The molecule has 1 atom stereocenters. The normalized spacial score (nSPS) is 17.8. The molecule has 3 aliphatic carbocycles. The number of hydrogen-bond acceptors (Lipinski definition) is 0. The molecular formula is C94H195F7. The maximum absolute atomic E-state index is 15.4. The van der Waals surface area contributed by atoms with Crippen LogP contribution in [0.5, 0.6) is 0 Å². The van der Waals surface area contributed by atoms with E-state index in [2.05, 4.69) is 256 Å². The number of halogens is 7. The van der Waals surface area contributed by atoms with E-state index in [0.29, 0.717) is 57.2 Å². The van der Waals surface area contributed by atoms with Crippen molar-refractivity contribution in [1.82, 2.24) is 0 Å². The summed E-state index contributed by atoms with van der Waals surface area (Å²) in [7, 11) is 0.